The van der Waals surface area contributed by atoms with E-state index in [9.17, 15) is 0 Å². The zero-order valence-corrected chi connectivity index (χ0v) is 16.8. The largest absolute Gasteiger partial charge is 0.497 e. The molecule has 2 nitrogen and oxygen atoms in total. The van der Waals surface area contributed by atoms with Gasteiger partial charge >= 0.3 is 0 Å². The summed E-state index contributed by atoms with van der Waals surface area (Å²) in [6.07, 6.45) is 9.85. The van der Waals surface area contributed by atoms with Crippen LogP contribution < -0.4 is 10.5 Å². The molecule has 0 bridgehead atoms. The van der Waals surface area contributed by atoms with E-state index in [1.807, 2.05) is 0 Å². The average molecular weight is 364 g/mol. The molecule has 0 saturated heterocycles. The van der Waals surface area contributed by atoms with Gasteiger partial charge in [-0.05, 0) is 110 Å². The third-order valence-corrected chi connectivity index (χ3v) is 6.88. The van der Waals surface area contributed by atoms with Crippen molar-refractivity contribution in [2.24, 2.45) is 11.7 Å². The normalized spacial score (nSPS) is 24.6. The van der Waals surface area contributed by atoms with Crippen molar-refractivity contribution in [2.45, 2.75) is 70.3 Å². The number of aryl methyl sites for hydroxylation is 3. The number of nitrogens with two attached hydrogens (primary N) is 1. The monoisotopic (exact) mass is 363 g/mol. The summed E-state index contributed by atoms with van der Waals surface area (Å²) in [5, 5.41) is 0. The maximum atomic E-state index is 6.12. The first kappa shape index (κ1) is 18.6. The molecule has 2 heteroatoms. The van der Waals surface area contributed by atoms with Crippen molar-refractivity contribution in [3.05, 3.63) is 64.2 Å². The van der Waals surface area contributed by atoms with Crippen molar-refractivity contribution in [3.63, 3.8) is 0 Å². The van der Waals surface area contributed by atoms with Crippen molar-refractivity contribution >= 4 is 0 Å². The summed E-state index contributed by atoms with van der Waals surface area (Å²) in [6.45, 7) is 2.21. The number of methoxy groups -OCH3 is 1. The summed E-state index contributed by atoms with van der Waals surface area (Å²) in [7, 11) is 1.75. The van der Waals surface area contributed by atoms with Crippen LogP contribution in [0.4, 0.5) is 0 Å². The highest BCUT2D eigenvalue weighted by molar-refractivity contribution is 5.37. The highest BCUT2D eigenvalue weighted by atomic mass is 16.5. The topological polar surface area (TPSA) is 35.2 Å². The van der Waals surface area contributed by atoms with Crippen molar-refractivity contribution in [1.82, 2.24) is 0 Å². The zero-order valence-electron chi connectivity index (χ0n) is 16.8. The van der Waals surface area contributed by atoms with Crippen LogP contribution in [0.5, 0.6) is 5.75 Å². The van der Waals surface area contributed by atoms with E-state index in [0.717, 1.165) is 18.1 Å². The van der Waals surface area contributed by atoms with Crippen molar-refractivity contribution in [2.75, 3.05) is 7.11 Å². The van der Waals surface area contributed by atoms with Gasteiger partial charge < -0.3 is 10.5 Å². The molecule has 2 aromatic carbocycles. The Kier molecular flexibility index (Phi) is 5.54. The summed E-state index contributed by atoms with van der Waals surface area (Å²) in [6, 6.07) is 14.2. The van der Waals surface area contributed by atoms with Crippen LogP contribution in [0.25, 0.3) is 0 Å². The lowest BCUT2D eigenvalue weighted by molar-refractivity contribution is 0.411. The third kappa shape index (κ3) is 4.21. The minimum absolute atomic E-state index is 0.412. The number of benzene rings is 2. The maximum Gasteiger partial charge on any atom is 0.119 e. The summed E-state index contributed by atoms with van der Waals surface area (Å²) < 4.78 is 5.40. The molecule has 0 aliphatic heterocycles. The molecule has 0 spiro atoms. The lowest BCUT2D eigenvalue weighted by Crippen LogP contribution is -2.16. The van der Waals surface area contributed by atoms with Gasteiger partial charge in [-0.15, -0.1) is 0 Å². The maximum absolute atomic E-state index is 6.12. The molecule has 2 aromatic rings. The second-order valence-electron chi connectivity index (χ2n) is 8.74. The molecule has 1 fully saturated rings. The molecular weight excluding hydrogens is 330 g/mol. The second kappa shape index (κ2) is 8.06. The average Bonchev–Trinajstić information content (AvgIpc) is 3.13. The molecule has 0 heterocycles. The molecule has 2 N–H and O–H groups in total. The van der Waals surface area contributed by atoms with Crippen LogP contribution in [0.2, 0.25) is 0 Å². The highest BCUT2D eigenvalue weighted by Crippen LogP contribution is 2.36. The summed E-state index contributed by atoms with van der Waals surface area (Å²) in [5.74, 6) is 2.47. The first-order chi connectivity index (χ1) is 13.1. The zero-order chi connectivity index (χ0) is 18.8. The van der Waals surface area contributed by atoms with E-state index in [4.69, 9.17) is 10.5 Å². The number of fused-ring (bicyclic) bond motifs is 1. The van der Waals surface area contributed by atoms with Crippen LogP contribution in [0, 0.1) is 12.8 Å². The number of ether oxygens (including phenoxy) is 1. The molecule has 2 aliphatic carbocycles. The Balaban J connectivity index is 1.39. The van der Waals surface area contributed by atoms with Crippen LogP contribution in [0.15, 0.2) is 36.4 Å². The van der Waals surface area contributed by atoms with E-state index in [1.165, 1.54) is 61.6 Å². The number of hydrogen-bond acceptors (Lipinski definition) is 2. The van der Waals surface area contributed by atoms with Gasteiger partial charge in [0.1, 0.15) is 5.75 Å². The number of rotatable bonds is 5. The molecule has 3 unspecified atom stereocenters. The molecule has 3 atom stereocenters. The SMILES string of the molecule is COc1ccc(C)c(CCC2CCc3cc(C4CCC(N)C4)ccc3C2)c1. The predicted octanol–water partition coefficient (Wildman–Crippen LogP) is 5.34. The van der Waals surface area contributed by atoms with Crippen LogP contribution in [0.3, 0.4) is 0 Å². The fourth-order valence-electron chi connectivity index (χ4n) is 5.07. The van der Waals surface area contributed by atoms with Gasteiger partial charge in [-0.25, -0.2) is 0 Å². The lowest BCUT2D eigenvalue weighted by atomic mass is 9.79. The number of hydrogen-bond donors (Lipinski definition) is 1. The van der Waals surface area contributed by atoms with Gasteiger partial charge in [-0.1, -0.05) is 24.3 Å². The van der Waals surface area contributed by atoms with Gasteiger partial charge in [-0.3, -0.25) is 0 Å². The van der Waals surface area contributed by atoms with Crippen LogP contribution in [-0.4, -0.2) is 13.2 Å². The Morgan fingerprint density at radius 3 is 2.70 bits per heavy atom. The Hall–Kier alpha value is -1.80. The van der Waals surface area contributed by atoms with Crippen LogP contribution in [0.1, 0.15) is 65.8 Å². The molecule has 27 heavy (non-hydrogen) atoms. The van der Waals surface area contributed by atoms with Gasteiger partial charge in [0.15, 0.2) is 0 Å². The minimum Gasteiger partial charge on any atom is -0.497 e. The van der Waals surface area contributed by atoms with E-state index in [1.54, 1.807) is 18.2 Å². The van der Waals surface area contributed by atoms with Crippen molar-refractivity contribution in [1.29, 1.82) is 0 Å². The first-order valence-corrected chi connectivity index (χ1v) is 10.6. The molecule has 144 valence electrons. The standard InChI is InChI=1S/C25H33NO/c1-17-3-12-25(27-2)16-19(17)6-4-18-5-7-21-14-22(9-8-20(21)13-18)23-10-11-24(26)15-23/h3,8-9,12,14,16,18,23-24H,4-7,10-11,13,15,26H2,1-2H3. The van der Waals surface area contributed by atoms with E-state index in [0.29, 0.717) is 12.0 Å². The Bertz CT molecular complexity index is 797. The summed E-state index contributed by atoms with van der Waals surface area (Å²) in [4.78, 5) is 0. The second-order valence-corrected chi connectivity index (χ2v) is 8.74. The van der Waals surface area contributed by atoms with Gasteiger partial charge in [0.25, 0.3) is 0 Å². The van der Waals surface area contributed by atoms with Gasteiger partial charge in [0, 0.05) is 6.04 Å². The summed E-state index contributed by atoms with van der Waals surface area (Å²) in [5.41, 5.74) is 13.7. The lowest BCUT2D eigenvalue weighted by Gasteiger charge is -2.26. The van der Waals surface area contributed by atoms with Crippen molar-refractivity contribution in [3.8, 4) is 5.75 Å². The Labute approximate surface area is 164 Å². The summed E-state index contributed by atoms with van der Waals surface area (Å²) >= 11 is 0. The molecule has 0 aromatic heterocycles. The molecule has 0 amide bonds. The molecular formula is C25H33NO. The molecule has 0 radical (unpaired) electrons. The smallest absolute Gasteiger partial charge is 0.119 e. The third-order valence-electron chi connectivity index (χ3n) is 6.88. The molecule has 2 aliphatic rings. The predicted molar refractivity (Wildman–Crippen MR) is 113 cm³/mol. The van der Waals surface area contributed by atoms with E-state index >= 15 is 0 Å². The van der Waals surface area contributed by atoms with Gasteiger partial charge in [0.2, 0.25) is 0 Å². The fraction of sp³-hybridized carbons (Fsp3) is 0.520. The first-order valence-electron chi connectivity index (χ1n) is 10.6. The molecule has 1 saturated carbocycles. The quantitative estimate of drug-likeness (QED) is 0.778. The Morgan fingerprint density at radius 2 is 1.93 bits per heavy atom. The van der Waals surface area contributed by atoms with Crippen LogP contribution in [-0.2, 0) is 19.3 Å². The van der Waals surface area contributed by atoms with Gasteiger partial charge in [-0.2, -0.15) is 0 Å². The van der Waals surface area contributed by atoms with Crippen molar-refractivity contribution < 1.29 is 4.74 Å². The van der Waals surface area contributed by atoms with E-state index in [2.05, 4.69) is 43.3 Å². The van der Waals surface area contributed by atoms with E-state index in [-0.39, 0.29) is 0 Å². The van der Waals surface area contributed by atoms with Crippen LogP contribution >= 0.6 is 0 Å². The molecule has 4 rings (SSSR count). The minimum atomic E-state index is 0.412. The highest BCUT2D eigenvalue weighted by Gasteiger charge is 2.25. The van der Waals surface area contributed by atoms with E-state index < -0.39 is 0 Å². The fourth-order valence-corrected chi connectivity index (χ4v) is 5.07. The van der Waals surface area contributed by atoms with Gasteiger partial charge in [0.05, 0.1) is 7.11 Å². The Morgan fingerprint density at radius 1 is 1.04 bits per heavy atom.